The van der Waals surface area contributed by atoms with Crippen LogP contribution in [-0.2, 0) is 31.2 Å². The number of hydrogen-bond donors (Lipinski definition) is 1. The molecule has 2 saturated heterocycles. The van der Waals surface area contributed by atoms with Gasteiger partial charge in [-0.2, -0.15) is 15.5 Å². The molecule has 18 heteroatoms. The third kappa shape index (κ3) is 8.79. The first-order valence-electron chi connectivity index (χ1n) is 26.0. The molecule has 7 heterocycles. The van der Waals surface area contributed by atoms with E-state index in [0.29, 0.717) is 71.1 Å². The van der Waals surface area contributed by atoms with Gasteiger partial charge < -0.3 is 24.8 Å². The molecule has 2 aliphatic carbocycles. The minimum atomic E-state index is -2.66. The monoisotopic (exact) mass is 1010 g/mol. The number of carbonyl (C=O) groups excluding carboxylic acids is 2. The van der Waals surface area contributed by atoms with Crippen LogP contribution < -0.4 is 19.9 Å². The molecule has 6 aliphatic rings. The van der Waals surface area contributed by atoms with Crippen LogP contribution in [0.1, 0.15) is 130 Å². The summed E-state index contributed by atoms with van der Waals surface area (Å²) in [5.74, 6) is 1.81. The van der Waals surface area contributed by atoms with Gasteiger partial charge in [-0.3, -0.25) is 23.9 Å². The lowest BCUT2D eigenvalue weighted by atomic mass is 9.49. The Balaban J connectivity index is 0.723. The third-order valence-corrected chi connectivity index (χ3v) is 17.7. The number of nitrogens with one attached hydrogen (secondary N) is 1. The molecule has 2 aromatic carbocycles. The van der Waals surface area contributed by atoms with E-state index in [-0.39, 0.29) is 41.0 Å². The molecule has 0 unspecified atom stereocenters. The Morgan fingerprint density at radius 2 is 1.70 bits per heavy atom. The van der Waals surface area contributed by atoms with E-state index in [1.807, 2.05) is 11.0 Å². The summed E-state index contributed by atoms with van der Waals surface area (Å²) >= 11 is 6.29. The second-order valence-corrected chi connectivity index (χ2v) is 23.3. The molecule has 4 aliphatic heterocycles. The maximum Gasteiger partial charge on any atom is 0.264 e. The molecule has 11 rings (SSSR count). The van der Waals surface area contributed by atoms with Gasteiger partial charge in [-0.05, 0) is 98.7 Å². The number of nitriles is 1. The number of anilines is 3. The van der Waals surface area contributed by atoms with Crippen LogP contribution in [0.3, 0.4) is 0 Å². The van der Waals surface area contributed by atoms with Crippen LogP contribution in [0.4, 0.5) is 26.2 Å². The Bertz CT molecular complexity index is 2970. The SMILES string of the molecule is CC(=O)N1CCc2c(c(N3CCCc4cc(-c5cnn(C)c5)c(C(F)F)cc43)nn2C2CCC3(CCCN(C4CN(c5ncc(C(=O)NC6C(C)(C)C(Oc7ccc(C#N)c(Cl)c7)C6(C)C)cn5)C4)C3)CC2)C1. The first-order valence-corrected chi connectivity index (χ1v) is 26.4. The highest BCUT2D eigenvalue weighted by Gasteiger charge is 2.64. The predicted octanol–water partition coefficient (Wildman–Crippen LogP) is 9.22. The number of rotatable bonds is 10. The standard InChI is InChI=1S/C55H65ClF2N12O3/c1-33(71)66-20-14-45-43(31-66)48(69-19-7-9-34-21-41(37-27-62-65(6)28-37)42(47(57)58)23-46(34)69)64-70(45)38-12-16-55(17-13-38)15-8-18-67(32-55)39-29-68(30-39)52-60-25-36(26-61-52)49(72)63-50-53(2,3)51(54(50,4)5)73-40-11-10-35(24-59)44(56)22-40/h10-11,21-23,25-28,38-39,47,50-51H,7-9,12-20,29-32H2,1-6H3,(H,63,72). The second kappa shape index (κ2) is 18.7. The van der Waals surface area contributed by atoms with Gasteiger partial charge in [-0.25, -0.2) is 18.7 Å². The average molecular weight is 1020 g/mol. The van der Waals surface area contributed by atoms with E-state index >= 15 is 0 Å². The summed E-state index contributed by atoms with van der Waals surface area (Å²) < 4.78 is 40.0. The van der Waals surface area contributed by atoms with Gasteiger partial charge >= 0.3 is 0 Å². The number of piperidine rings is 1. The fraction of sp³-hybridized carbons (Fsp3) is 0.545. The molecule has 2 amide bonds. The molecule has 0 radical (unpaired) electrons. The van der Waals surface area contributed by atoms with Gasteiger partial charge in [-0.1, -0.05) is 39.3 Å². The summed E-state index contributed by atoms with van der Waals surface area (Å²) in [5.41, 5.74) is 5.44. The van der Waals surface area contributed by atoms with Crippen LogP contribution in [-0.4, -0.2) is 109 Å². The molecular weight excluding hydrogens is 950 g/mol. The van der Waals surface area contributed by atoms with Crippen molar-refractivity contribution in [2.75, 3.05) is 49.1 Å². The lowest BCUT2D eigenvalue weighted by Crippen LogP contribution is -2.74. The van der Waals surface area contributed by atoms with Crippen molar-refractivity contribution in [3.05, 3.63) is 93.7 Å². The lowest BCUT2D eigenvalue weighted by molar-refractivity contribution is -0.164. The minimum Gasteiger partial charge on any atom is -0.489 e. The summed E-state index contributed by atoms with van der Waals surface area (Å²) in [6.07, 6.45) is 12.8. The summed E-state index contributed by atoms with van der Waals surface area (Å²) in [4.78, 5) is 44.6. The fourth-order valence-corrected chi connectivity index (χ4v) is 14.0. The summed E-state index contributed by atoms with van der Waals surface area (Å²) in [6, 6.07) is 11.2. The number of aromatic nitrogens is 6. The molecule has 1 N–H and O–H groups in total. The maximum atomic E-state index is 14.8. The largest absolute Gasteiger partial charge is 0.489 e. The highest BCUT2D eigenvalue weighted by Crippen LogP contribution is 2.56. The third-order valence-electron chi connectivity index (χ3n) is 17.4. The van der Waals surface area contributed by atoms with E-state index in [9.17, 15) is 23.6 Å². The first kappa shape index (κ1) is 49.1. The van der Waals surface area contributed by atoms with Gasteiger partial charge in [0.15, 0.2) is 5.82 Å². The Hall–Kier alpha value is -6.12. The number of hydrogen-bond acceptors (Lipinski definition) is 11. The zero-order chi connectivity index (χ0) is 51.1. The van der Waals surface area contributed by atoms with Crippen LogP contribution in [0.15, 0.2) is 55.1 Å². The van der Waals surface area contributed by atoms with Crippen LogP contribution in [0.2, 0.25) is 5.02 Å². The molecule has 384 valence electrons. The number of amides is 2. The van der Waals surface area contributed by atoms with Crippen LogP contribution in [0, 0.1) is 27.6 Å². The van der Waals surface area contributed by atoms with Crippen molar-refractivity contribution in [3.63, 3.8) is 0 Å². The Labute approximate surface area is 430 Å². The molecular formula is C55H65ClF2N12O3. The quantitative estimate of drug-likeness (QED) is 0.143. The van der Waals surface area contributed by atoms with E-state index < -0.39 is 17.3 Å². The van der Waals surface area contributed by atoms with E-state index in [2.05, 4.69) is 73.5 Å². The molecule has 4 fully saturated rings. The summed E-state index contributed by atoms with van der Waals surface area (Å²) in [7, 11) is 1.79. The number of likely N-dealkylation sites (tertiary alicyclic amines) is 1. The molecule has 5 aromatic rings. The number of halogens is 3. The highest BCUT2D eigenvalue weighted by molar-refractivity contribution is 6.31. The second-order valence-electron chi connectivity index (χ2n) is 22.8. The van der Waals surface area contributed by atoms with Gasteiger partial charge in [0.25, 0.3) is 12.3 Å². The van der Waals surface area contributed by atoms with Crippen molar-refractivity contribution in [2.24, 2.45) is 23.3 Å². The summed E-state index contributed by atoms with van der Waals surface area (Å²) in [5, 5.41) is 22.6. The Kier molecular flexibility index (Phi) is 12.6. The molecule has 15 nitrogen and oxygen atoms in total. The van der Waals surface area contributed by atoms with E-state index in [4.69, 9.17) is 21.4 Å². The lowest BCUT2D eigenvalue weighted by Gasteiger charge is -2.63. The number of aryl methyl sites for hydroxylation is 2. The normalized spacial score (nSPS) is 22.6. The fourth-order valence-electron chi connectivity index (χ4n) is 13.8. The Morgan fingerprint density at radius 1 is 0.945 bits per heavy atom. The van der Waals surface area contributed by atoms with Gasteiger partial charge in [0.05, 0.1) is 34.9 Å². The van der Waals surface area contributed by atoms with Crippen LogP contribution in [0.25, 0.3) is 11.1 Å². The van der Waals surface area contributed by atoms with E-state index in [0.717, 1.165) is 93.8 Å². The number of ether oxygens (including phenoxy) is 1. The van der Waals surface area contributed by atoms with Gasteiger partial charge in [0, 0.05) is 129 Å². The molecule has 73 heavy (non-hydrogen) atoms. The zero-order valence-corrected chi connectivity index (χ0v) is 43.4. The molecule has 0 atom stereocenters. The highest BCUT2D eigenvalue weighted by atomic mass is 35.5. The van der Waals surface area contributed by atoms with E-state index in [1.165, 1.54) is 12.1 Å². The van der Waals surface area contributed by atoms with Crippen LogP contribution >= 0.6 is 11.6 Å². The molecule has 3 aromatic heterocycles. The zero-order valence-electron chi connectivity index (χ0n) is 42.7. The number of benzene rings is 2. The smallest absolute Gasteiger partial charge is 0.264 e. The molecule has 0 bridgehead atoms. The predicted molar refractivity (Wildman–Crippen MR) is 274 cm³/mol. The van der Waals surface area contributed by atoms with Gasteiger partial charge in [0.1, 0.15) is 17.9 Å². The van der Waals surface area contributed by atoms with Crippen molar-refractivity contribution < 1.29 is 23.1 Å². The van der Waals surface area contributed by atoms with Crippen molar-refractivity contribution in [1.82, 2.24) is 44.6 Å². The number of nitrogens with zero attached hydrogens (tertiary/aromatic N) is 11. The van der Waals surface area contributed by atoms with Crippen LogP contribution in [0.5, 0.6) is 5.75 Å². The number of carbonyl (C=O) groups is 2. The van der Waals surface area contributed by atoms with Crippen molar-refractivity contribution in [1.29, 1.82) is 5.26 Å². The average Bonchev–Trinajstić information content (AvgIpc) is 3.98. The van der Waals surface area contributed by atoms with Crippen molar-refractivity contribution in [3.8, 4) is 22.9 Å². The number of fused-ring (bicyclic) bond motifs is 2. The maximum absolute atomic E-state index is 14.8. The Morgan fingerprint density at radius 3 is 2.37 bits per heavy atom. The topological polar surface area (TPSA) is 154 Å². The number of alkyl halides is 2. The van der Waals surface area contributed by atoms with Crippen molar-refractivity contribution >= 4 is 40.9 Å². The van der Waals surface area contributed by atoms with Gasteiger partial charge in [0.2, 0.25) is 11.9 Å². The van der Waals surface area contributed by atoms with E-state index in [1.54, 1.807) is 67.7 Å². The minimum absolute atomic E-state index is 0.00985. The van der Waals surface area contributed by atoms with Gasteiger partial charge in [-0.15, -0.1) is 0 Å². The van der Waals surface area contributed by atoms with Crippen molar-refractivity contribution in [2.45, 2.75) is 130 Å². The summed E-state index contributed by atoms with van der Waals surface area (Å²) in [6.45, 7) is 15.5. The molecule has 1 spiro atoms. The molecule has 2 saturated carbocycles. The first-order chi connectivity index (χ1) is 34.9.